The molecule has 2 aromatic rings. The highest BCUT2D eigenvalue weighted by molar-refractivity contribution is 6.31. The second-order valence-corrected chi connectivity index (χ2v) is 10.7. The Labute approximate surface area is 233 Å². The maximum absolute atomic E-state index is 11.6. The number of hydrogen-bond donors (Lipinski definition) is 5. The zero-order valence-electron chi connectivity index (χ0n) is 22.4. The van der Waals surface area contributed by atoms with Crippen LogP contribution in [0.1, 0.15) is 43.6 Å². The van der Waals surface area contributed by atoms with Gasteiger partial charge in [-0.05, 0) is 62.1 Å². The number of nitrogens with one attached hydrogen (secondary N) is 1. The second kappa shape index (κ2) is 14.3. The van der Waals surface area contributed by atoms with Gasteiger partial charge < -0.3 is 44.7 Å². The lowest BCUT2D eigenvalue weighted by molar-refractivity contribution is -0.231. The summed E-state index contributed by atoms with van der Waals surface area (Å²) in [6.45, 7) is 6.29. The molecule has 0 bridgehead atoms. The van der Waals surface area contributed by atoms with Crippen LogP contribution in [0.5, 0.6) is 5.75 Å². The van der Waals surface area contributed by atoms with E-state index in [1.165, 1.54) is 0 Å². The van der Waals surface area contributed by atoms with E-state index in [0.29, 0.717) is 49.1 Å². The molecule has 3 rings (SSSR count). The lowest BCUT2D eigenvalue weighted by Gasteiger charge is -2.40. The first-order chi connectivity index (χ1) is 18.5. The lowest BCUT2D eigenvalue weighted by atomic mass is 9.90. The number of rotatable bonds is 11. The number of amides is 1. The number of alkyl carbamates (subject to hydrolysis) is 1. The van der Waals surface area contributed by atoms with Gasteiger partial charge in [0, 0.05) is 11.6 Å². The molecule has 0 saturated carbocycles. The number of benzene rings is 2. The van der Waals surface area contributed by atoms with Gasteiger partial charge in [0.2, 0.25) is 0 Å². The van der Waals surface area contributed by atoms with E-state index in [4.69, 9.17) is 30.5 Å². The standard InChI is InChI=1S/C28H38ClNO9/c1-28(2,3)39-27(35)30-10-11-36-12-13-37-20-7-4-17(5-8-20)14-19-15-18(6-9-21(19)29)26-25(34)24(33)23(32)22(16-31)38-26/h4-9,15,22-26,31-34H,10-14,16H2,1-3H3,(H,30,35)/t22-,23-,24+,25-,26+/m1/s1. The lowest BCUT2D eigenvalue weighted by Crippen LogP contribution is -2.55. The van der Waals surface area contributed by atoms with Crippen LogP contribution in [0.15, 0.2) is 42.5 Å². The summed E-state index contributed by atoms with van der Waals surface area (Å²) in [6.07, 6.45) is -6.13. The third kappa shape index (κ3) is 9.32. The minimum absolute atomic E-state index is 0.337. The van der Waals surface area contributed by atoms with E-state index in [9.17, 15) is 25.2 Å². The van der Waals surface area contributed by atoms with Gasteiger partial charge in [-0.15, -0.1) is 0 Å². The zero-order valence-corrected chi connectivity index (χ0v) is 23.1. The van der Waals surface area contributed by atoms with Crippen molar-refractivity contribution in [1.29, 1.82) is 0 Å². The SMILES string of the molecule is CC(C)(C)OC(=O)NCCOCCOc1ccc(Cc2cc([C@@H]3O[C@H](CO)[C@@H](O)[C@H](O)[C@H]3O)ccc2Cl)cc1. The molecular formula is C28H38ClNO9. The number of aliphatic hydroxyl groups is 4. The highest BCUT2D eigenvalue weighted by Crippen LogP contribution is 2.34. The number of carbonyl (C=O) groups is 1. The smallest absolute Gasteiger partial charge is 0.407 e. The molecule has 216 valence electrons. The molecule has 1 fully saturated rings. The van der Waals surface area contributed by atoms with Gasteiger partial charge in [-0.25, -0.2) is 4.79 Å². The van der Waals surface area contributed by atoms with E-state index in [1.807, 2.05) is 24.3 Å². The van der Waals surface area contributed by atoms with E-state index >= 15 is 0 Å². The summed E-state index contributed by atoms with van der Waals surface area (Å²) in [6, 6.07) is 12.7. The molecule has 1 amide bonds. The first-order valence-corrected chi connectivity index (χ1v) is 13.2. The molecule has 0 aliphatic carbocycles. The summed E-state index contributed by atoms with van der Waals surface area (Å²) < 4.78 is 22.0. The van der Waals surface area contributed by atoms with Crippen molar-refractivity contribution in [3.05, 3.63) is 64.2 Å². The van der Waals surface area contributed by atoms with E-state index in [0.717, 1.165) is 11.1 Å². The van der Waals surface area contributed by atoms with Gasteiger partial charge in [0.1, 0.15) is 48.5 Å². The molecule has 10 nitrogen and oxygen atoms in total. The van der Waals surface area contributed by atoms with Gasteiger partial charge in [0.25, 0.3) is 0 Å². The van der Waals surface area contributed by atoms with Crippen LogP contribution in [0.25, 0.3) is 0 Å². The van der Waals surface area contributed by atoms with E-state index < -0.39 is 48.8 Å². The molecule has 1 saturated heterocycles. The topological polar surface area (TPSA) is 147 Å². The predicted octanol–water partition coefficient (Wildman–Crippen LogP) is 2.37. The van der Waals surface area contributed by atoms with Crippen LogP contribution in [0.4, 0.5) is 4.79 Å². The van der Waals surface area contributed by atoms with Crippen LogP contribution in [0.3, 0.4) is 0 Å². The second-order valence-electron chi connectivity index (χ2n) is 10.3. The summed E-state index contributed by atoms with van der Waals surface area (Å²) in [4.78, 5) is 11.6. The first-order valence-electron chi connectivity index (χ1n) is 12.8. The van der Waals surface area contributed by atoms with E-state index in [-0.39, 0.29) is 0 Å². The number of halogens is 1. The fraction of sp³-hybridized carbons (Fsp3) is 0.536. The van der Waals surface area contributed by atoms with Crippen molar-refractivity contribution in [2.24, 2.45) is 0 Å². The molecule has 5 N–H and O–H groups in total. The predicted molar refractivity (Wildman–Crippen MR) is 144 cm³/mol. The number of ether oxygens (including phenoxy) is 4. The number of carbonyl (C=O) groups excluding carboxylic acids is 1. The summed E-state index contributed by atoms with van der Waals surface area (Å²) in [5.41, 5.74) is 1.79. The van der Waals surface area contributed by atoms with Crippen molar-refractivity contribution >= 4 is 17.7 Å². The van der Waals surface area contributed by atoms with Gasteiger partial charge >= 0.3 is 6.09 Å². The molecule has 39 heavy (non-hydrogen) atoms. The zero-order chi connectivity index (χ0) is 28.6. The van der Waals surface area contributed by atoms with Crippen molar-refractivity contribution in [1.82, 2.24) is 5.32 Å². The van der Waals surface area contributed by atoms with Gasteiger partial charge in [-0.2, -0.15) is 0 Å². The van der Waals surface area contributed by atoms with E-state index in [2.05, 4.69) is 5.32 Å². The average Bonchev–Trinajstić information content (AvgIpc) is 2.88. The number of aliphatic hydroxyl groups excluding tert-OH is 4. The molecule has 0 unspecified atom stereocenters. The fourth-order valence-electron chi connectivity index (χ4n) is 4.07. The van der Waals surface area contributed by atoms with Crippen LogP contribution < -0.4 is 10.1 Å². The number of hydrogen-bond acceptors (Lipinski definition) is 9. The molecule has 0 spiro atoms. The molecule has 1 heterocycles. The van der Waals surface area contributed by atoms with Crippen LogP contribution in [-0.2, 0) is 20.6 Å². The highest BCUT2D eigenvalue weighted by Gasteiger charge is 2.44. The quantitative estimate of drug-likeness (QED) is 0.258. The monoisotopic (exact) mass is 567 g/mol. The normalized spacial score (nSPS) is 23.3. The Kier molecular flexibility index (Phi) is 11.4. The van der Waals surface area contributed by atoms with E-state index in [1.54, 1.807) is 39.0 Å². The van der Waals surface area contributed by atoms with Crippen molar-refractivity contribution in [2.45, 2.75) is 63.3 Å². The Bertz CT molecular complexity index is 1060. The largest absolute Gasteiger partial charge is 0.491 e. The summed E-state index contributed by atoms with van der Waals surface area (Å²) >= 11 is 6.43. The van der Waals surface area contributed by atoms with Gasteiger partial charge in [0.05, 0.1) is 19.8 Å². The van der Waals surface area contributed by atoms with Crippen molar-refractivity contribution in [3.63, 3.8) is 0 Å². The summed E-state index contributed by atoms with van der Waals surface area (Å²) in [5, 5.41) is 43.2. The maximum Gasteiger partial charge on any atom is 0.407 e. The molecule has 1 aliphatic heterocycles. The Morgan fingerprint density at radius 3 is 2.38 bits per heavy atom. The third-order valence-electron chi connectivity index (χ3n) is 6.02. The first kappa shape index (κ1) is 31.1. The molecule has 5 atom stereocenters. The Morgan fingerprint density at radius 2 is 1.72 bits per heavy atom. The molecule has 11 heteroatoms. The van der Waals surface area contributed by atoms with Crippen LogP contribution in [-0.4, -0.2) is 89.5 Å². The molecule has 1 aliphatic rings. The van der Waals surface area contributed by atoms with Gasteiger partial charge in [-0.3, -0.25) is 0 Å². The van der Waals surface area contributed by atoms with Gasteiger partial charge in [0.15, 0.2) is 0 Å². The van der Waals surface area contributed by atoms with Crippen LogP contribution in [0.2, 0.25) is 5.02 Å². The summed E-state index contributed by atoms with van der Waals surface area (Å²) in [7, 11) is 0. The Morgan fingerprint density at radius 1 is 1.00 bits per heavy atom. The van der Waals surface area contributed by atoms with Crippen LogP contribution >= 0.6 is 11.6 Å². The van der Waals surface area contributed by atoms with Crippen molar-refractivity contribution < 1.29 is 44.2 Å². The molecule has 2 aromatic carbocycles. The Balaban J connectivity index is 1.47. The molecular weight excluding hydrogens is 530 g/mol. The maximum atomic E-state index is 11.6. The average molecular weight is 568 g/mol. The molecule has 0 radical (unpaired) electrons. The highest BCUT2D eigenvalue weighted by atomic mass is 35.5. The van der Waals surface area contributed by atoms with Crippen LogP contribution in [0, 0.1) is 0 Å². The van der Waals surface area contributed by atoms with Crippen molar-refractivity contribution in [2.75, 3.05) is 33.0 Å². The fourth-order valence-corrected chi connectivity index (χ4v) is 4.25. The Hall–Kier alpha value is -2.44. The minimum atomic E-state index is -1.45. The van der Waals surface area contributed by atoms with Gasteiger partial charge in [-0.1, -0.05) is 35.9 Å². The summed E-state index contributed by atoms with van der Waals surface area (Å²) in [5.74, 6) is 0.676. The van der Waals surface area contributed by atoms with Crippen molar-refractivity contribution in [3.8, 4) is 5.75 Å². The third-order valence-corrected chi connectivity index (χ3v) is 6.39. The molecule has 0 aromatic heterocycles. The minimum Gasteiger partial charge on any atom is -0.491 e.